The first-order valence-corrected chi connectivity index (χ1v) is 9.24. The van der Waals surface area contributed by atoms with Crippen LogP contribution in [0.5, 0.6) is 0 Å². The molecule has 0 aliphatic rings. The van der Waals surface area contributed by atoms with Gasteiger partial charge in [-0.3, -0.25) is 4.98 Å². The molecule has 0 amide bonds. The monoisotopic (exact) mass is 387 g/mol. The smallest absolute Gasteiger partial charge is 0.229 e. The molecule has 0 spiro atoms. The lowest BCUT2D eigenvalue weighted by atomic mass is 10.1. The Morgan fingerprint density at radius 2 is 1.64 bits per heavy atom. The van der Waals surface area contributed by atoms with Gasteiger partial charge < -0.3 is 10.6 Å². The van der Waals surface area contributed by atoms with E-state index in [-0.39, 0.29) is 0 Å². The molecule has 0 bridgehead atoms. The number of pyridine rings is 1. The molecule has 4 rings (SSSR count). The number of halogens is 1. The van der Waals surface area contributed by atoms with E-state index in [9.17, 15) is 0 Å². The van der Waals surface area contributed by atoms with Crippen LogP contribution in [0.3, 0.4) is 0 Å². The van der Waals surface area contributed by atoms with Crippen LogP contribution in [0.15, 0.2) is 85.2 Å². The van der Waals surface area contributed by atoms with Gasteiger partial charge in [-0.2, -0.15) is 4.98 Å². The fraction of sp³-hybridized carbons (Fsp3) is 0.0455. The molecule has 6 heteroatoms. The van der Waals surface area contributed by atoms with Crippen molar-refractivity contribution in [3.8, 4) is 11.3 Å². The van der Waals surface area contributed by atoms with Crippen LogP contribution in [-0.2, 0) is 6.54 Å². The molecule has 2 N–H and O–H groups in total. The molecule has 0 aliphatic carbocycles. The van der Waals surface area contributed by atoms with Gasteiger partial charge in [0.2, 0.25) is 5.95 Å². The van der Waals surface area contributed by atoms with E-state index in [1.54, 1.807) is 12.4 Å². The van der Waals surface area contributed by atoms with E-state index in [2.05, 4.69) is 25.6 Å². The van der Waals surface area contributed by atoms with Gasteiger partial charge in [-0.1, -0.05) is 48.0 Å². The Balaban J connectivity index is 1.64. The highest BCUT2D eigenvalue weighted by molar-refractivity contribution is 6.30. The molecule has 0 aliphatic heterocycles. The summed E-state index contributed by atoms with van der Waals surface area (Å²) in [5, 5.41) is 7.25. The lowest BCUT2D eigenvalue weighted by Gasteiger charge is -2.12. The molecular weight excluding hydrogens is 370 g/mol. The highest BCUT2D eigenvalue weighted by Gasteiger charge is 2.08. The van der Waals surface area contributed by atoms with Crippen LogP contribution < -0.4 is 10.6 Å². The minimum Gasteiger partial charge on any atom is -0.366 e. The predicted octanol–water partition coefficient (Wildman–Crippen LogP) is 5.55. The average molecular weight is 388 g/mol. The number of benzene rings is 2. The Bertz CT molecular complexity index is 1050. The number of nitrogens with one attached hydrogen (secondary N) is 2. The summed E-state index contributed by atoms with van der Waals surface area (Å²) in [5.41, 5.74) is 3.81. The van der Waals surface area contributed by atoms with Gasteiger partial charge in [-0.25, -0.2) is 4.98 Å². The summed E-state index contributed by atoms with van der Waals surface area (Å²) >= 11 is 6.09. The molecule has 0 saturated heterocycles. The summed E-state index contributed by atoms with van der Waals surface area (Å²) in [6.07, 6.45) is 3.55. The molecule has 2 aromatic carbocycles. The molecule has 2 aromatic heterocycles. The summed E-state index contributed by atoms with van der Waals surface area (Å²) in [5.74, 6) is 1.23. The van der Waals surface area contributed by atoms with Crippen LogP contribution >= 0.6 is 11.6 Å². The zero-order chi connectivity index (χ0) is 19.2. The standard InChI is InChI=1S/C22H18ClN5/c23-18-7-4-8-19(13-18)26-22-27-20(17-5-2-1-3-6-17)14-21(28-22)25-15-16-9-11-24-12-10-16/h1-14H,15H2,(H2,25,26,27,28). The van der Waals surface area contributed by atoms with Crippen LogP contribution in [0.2, 0.25) is 5.02 Å². The van der Waals surface area contributed by atoms with Crippen molar-refractivity contribution >= 4 is 29.1 Å². The summed E-state index contributed by atoms with van der Waals surface area (Å²) in [7, 11) is 0. The third-order valence-corrected chi connectivity index (χ3v) is 4.33. The molecule has 0 radical (unpaired) electrons. The second-order valence-electron chi connectivity index (χ2n) is 6.17. The molecule has 2 heterocycles. The lowest BCUT2D eigenvalue weighted by molar-refractivity contribution is 1.08. The van der Waals surface area contributed by atoms with Crippen LogP contribution in [-0.4, -0.2) is 15.0 Å². The van der Waals surface area contributed by atoms with Gasteiger partial charge in [0.1, 0.15) is 5.82 Å². The summed E-state index contributed by atoms with van der Waals surface area (Å²) < 4.78 is 0. The van der Waals surface area contributed by atoms with Crippen molar-refractivity contribution in [2.45, 2.75) is 6.54 Å². The zero-order valence-corrected chi connectivity index (χ0v) is 15.8. The van der Waals surface area contributed by atoms with Crippen LogP contribution in [0.1, 0.15) is 5.56 Å². The SMILES string of the molecule is Clc1cccc(Nc2nc(NCc3ccncc3)cc(-c3ccccc3)n2)c1. The average Bonchev–Trinajstić information content (AvgIpc) is 2.74. The predicted molar refractivity (Wildman–Crippen MR) is 114 cm³/mol. The van der Waals surface area contributed by atoms with Crippen LogP contribution in [0, 0.1) is 0 Å². The quantitative estimate of drug-likeness (QED) is 0.454. The van der Waals surface area contributed by atoms with E-state index in [0.29, 0.717) is 17.5 Å². The molecular formula is C22H18ClN5. The molecule has 0 fully saturated rings. The highest BCUT2D eigenvalue weighted by atomic mass is 35.5. The van der Waals surface area contributed by atoms with Gasteiger partial charge in [0.15, 0.2) is 0 Å². The molecule has 0 atom stereocenters. The van der Waals surface area contributed by atoms with Gasteiger partial charge in [0, 0.05) is 41.3 Å². The van der Waals surface area contributed by atoms with E-state index in [1.165, 1.54) is 0 Å². The first kappa shape index (κ1) is 17.9. The second kappa shape index (κ2) is 8.50. The number of hydrogen-bond donors (Lipinski definition) is 2. The highest BCUT2D eigenvalue weighted by Crippen LogP contribution is 2.24. The summed E-state index contributed by atoms with van der Waals surface area (Å²) in [6, 6.07) is 23.4. The van der Waals surface area contributed by atoms with E-state index in [4.69, 9.17) is 11.6 Å². The van der Waals surface area contributed by atoms with Crippen molar-refractivity contribution in [2.24, 2.45) is 0 Å². The van der Waals surface area contributed by atoms with Gasteiger partial charge in [0.05, 0.1) is 5.69 Å². The molecule has 138 valence electrons. The van der Waals surface area contributed by atoms with Gasteiger partial charge in [-0.05, 0) is 35.9 Å². The van der Waals surface area contributed by atoms with Crippen molar-refractivity contribution in [1.29, 1.82) is 0 Å². The normalized spacial score (nSPS) is 10.5. The number of nitrogens with zero attached hydrogens (tertiary/aromatic N) is 3. The first-order valence-electron chi connectivity index (χ1n) is 8.86. The van der Waals surface area contributed by atoms with Gasteiger partial charge >= 0.3 is 0 Å². The van der Waals surface area contributed by atoms with Gasteiger partial charge in [0.25, 0.3) is 0 Å². The fourth-order valence-electron chi connectivity index (χ4n) is 2.74. The Morgan fingerprint density at radius 3 is 2.43 bits per heavy atom. The molecule has 0 unspecified atom stereocenters. The summed E-state index contributed by atoms with van der Waals surface area (Å²) in [4.78, 5) is 13.3. The van der Waals surface area contributed by atoms with E-state index in [1.807, 2.05) is 72.8 Å². The fourth-order valence-corrected chi connectivity index (χ4v) is 2.93. The maximum atomic E-state index is 6.09. The third kappa shape index (κ3) is 4.64. The van der Waals surface area contributed by atoms with Crippen molar-refractivity contribution in [1.82, 2.24) is 15.0 Å². The van der Waals surface area contributed by atoms with Crippen molar-refractivity contribution in [2.75, 3.05) is 10.6 Å². The number of aromatic nitrogens is 3. The number of hydrogen-bond acceptors (Lipinski definition) is 5. The molecule has 5 nitrogen and oxygen atoms in total. The first-order chi connectivity index (χ1) is 13.8. The molecule has 28 heavy (non-hydrogen) atoms. The van der Waals surface area contributed by atoms with Crippen LogP contribution in [0.25, 0.3) is 11.3 Å². The lowest BCUT2D eigenvalue weighted by Crippen LogP contribution is -2.05. The van der Waals surface area contributed by atoms with Crippen molar-refractivity contribution in [3.63, 3.8) is 0 Å². The topological polar surface area (TPSA) is 62.7 Å². The summed E-state index contributed by atoms with van der Waals surface area (Å²) in [6.45, 7) is 0.643. The van der Waals surface area contributed by atoms with E-state index >= 15 is 0 Å². The Hall–Kier alpha value is -3.44. The number of rotatable bonds is 6. The Kier molecular flexibility index (Phi) is 5.45. The van der Waals surface area contributed by atoms with Crippen LogP contribution in [0.4, 0.5) is 17.5 Å². The third-order valence-electron chi connectivity index (χ3n) is 4.10. The Morgan fingerprint density at radius 1 is 0.821 bits per heavy atom. The molecule has 0 saturated carbocycles. The number of anilines is 3. The maximum absolute atomic E-state index is 6.09. The van der Waals surface area contributed by atoms with E-state index in [0.717, 1.165) is 28.3 Å². The van der Waals surface area contributed by atoms with Gasteiger partial charge in [-0.15, -0.1) is 0 Å². The zero-order valence-electron chi connectivity index (χ0n) is 15.0. The van der Waals surface area contributed by atoms with E-state index < -0.39 is 0 Å². The minimum absolute atomic E-state index is 0.501. The van der Waals surface area contributed by atoms with Crippen molar-refractivity contribution in [3.05, 3.63) is 95.8 Å². The van der Waals surface area contributed by atoms with Crippen molar-refractivity contribution < 1.29 is 0 Å². The minimum atomic E-state index is 0.501. The maximum Gasteiger partial charge on any atom is 0.229 e. The second-order valence-corrected chi connectivity index (χ2v) is 6.61. The molecule has 4 aromatic rings. The Labute approximate surface area is 168 Å². The largest absolute Gasteiger partial charge is 0.366 e.